The van der Waals surface area contributed by atoms with Gasteiger partial charge in [0.2, 0.25) is 0 Å². The smallest absolute Gasteiger partial charge is 0.410 e. The number of aryl methyl sites for hydroxylation is 1. The summed E-state index contributed by atoms with van der Waals surface area (Å²) in [5, 5.41) is 0. The third kappa shape index (κ3) is 3.47. The average Bonchev–Trinajstić information content (AvgIpc) is 2.40. The minimum absolute atomic E-state index is 0.345. The van der Waals surface area contributed by atoms with E-state index in [1.807, 2.05) is 19.1 Å². The first-order valence-electron chi connectivity index (χ1n) is 6.69. The van der Waals surface area contributed by atoms with E-state index in [1.165, 1.54) is 4.90 Å². The lowest BCUT2D eigenvalue weighted by molar-refractivity contribution is 0.171. The molecule has 1 aromatic carbocycles. The quantitative estimate of drug-likeness (QED) is 0.783. The van der Waals surface area contributed by atoms with Gasteiger partial charge >= 0.3 is 6.09 Å². The van der Waals surface area contributed by atoms with Crippen molar-refractivity contribution in [1.29, 1.82) is 0 Å². The van der Waals surface area contributed by atoms with Crippen LogP contribution in [0.15, 0.2) is 18.2 Å². The summed E-state index contributed by atoms with van der Waals surface area (Å²) >= 11 is 0. The van der Waals surface area contributed by atoms with E-state index in [0.29, 0.717) is 5.75 Å². The minimum Gasteiger partial charge on any atom is -0.410 e. The highest BCUT2D eigenvalue weighted by Gasteiger charge is 2.22. The Morgan fingerprint density at radius 2 is 1.84 bits per heavy atom. The summed E-state index contributed by atoms with van der Waals surface area (Å²) in [6.07, 6.45) is -0.345. The average molecular weight is 265 g/mol. The maximum atomic E-state index is 11.7. The summed E-state index contributed by atoms with van der Waals surface area (Å²) in [6.45, 7) is 8.27. The van der Waals surface area contributed by atoms with Gasteiger partial charge in [-0.25, -0.2) is 4.79 Å². The highest BCUT2D eigenvalue weighted by molar-refractivity contribution is 5.71. The molecular weight excluding hydrogens is 240 g/mol. The first-order valence-corrected chi connectivity index (χ1v) is 6.69. The van der Waals surface area contributed by atoms with Crippen molar-refractivity contribution in [2.75, 3.05) is 34.2 Å². The molecule has 0 spiro atoms. The second-order valence-electron chi connectivity index (χ2n) is 5.24. The molecule has 19 heavy (non-hydrogen) atoms. The van der Waals surface area contributed by atoms with Gasteiger partial charge in [0.25, 0.3) is 0 Å². The van der Waals surface area contributed by atoms with E-state index >= 15 is 0 Å². The van der Waals surface area contributed by atoms with Crippen molar-refractivity contribution in [2.45, 2.75) is 20.8 Å². The molecule has 0 bridgehead atoms. The van der Waals surface area contributed by atoms with Gasteiger partial charge in [-0.2, -0.15) is 0 Å². The van der Waals surface area contributed by atoms with Crippen LogP contribution in [0.25, 0.3) is 0 Å². The van der Waals surface area contributed by atoms with Gasteiger partial charge in [0.1, 0.15) is 11.4 Å². The molecule has 0 saturated carbocycles. The first-order chi connectivity index (χ1) is 8.84. The van der Waals surface area contributed by atoms with Crippen LogP contribution >= 0.6 is 0 Å². The van der Waals surface area contributed by atoms with Crippen LogP contribution in [0.5, 0.6) is 5.75 Å². The van der Waals surface area contributed by atoms with E-state index in [2.05, 4.69) is 27.0 Å². The normalized spacial score (nSPS) is 11.3. The SMILES string of the molecule is CC[N+](C)(CC)c1ccc(C)c(OC(=O)N(C)C)c1. The molecule has 0 aromatic heterocycles. The number of quaternary nitrogens is 1. The van der Waals surface area contributed by atoms with Crippen LogP contribution in [0.2, 0.25) is 0 Å². The van der Waals surface area contributed by atoms with Gasteiger partial charge in [0.15, 0.2) is 0 Å². The molecule has 0 N–H and O–H groups in total. The molecule has 1 rings (SSSR count). The fourth-order valence-electron chi connectivity index (χ4n) is 1.81. The van der Waals surface area contributed by atoms with Crippen LogP contribution < -0.4 is 9.22 Å². The fraction of sp³-hybridized carbons (Fsp3) is 0.533. The third-order valence-electron chi connectivity index (χ3n) is 3.75. The second-order valence-corrected chi connectivity index (χ2v) is 5.24. The highest BCUT2D eigenvalue weighted by atomic mass is 16.6. The van der Waals surface area contributed by atoms with Crippen molar-refractivity contribution in [3.8, 4) is 5.75 Å². The zero-order valence-electron chi connectivity index (χ0n) is 12.9. The second kappa shape index (κ2) is 6.06. The maximum absolute atomic E-state index is 11.7. The summed E-state index contributed by atoms with van der Waals surface area (Å²) in [4.78, 5) is 13.1. The lowest BCUT2D eigenvalue weighted by Crippen LogP contribution is -2.44. The van der Waals surface area contributed by atoms with Gasteiger partial charge in [-0.15, -0.1) is 0 Å². The number of carbonyl (C=O) groups excluding carboxylic acids is 1. The van der Waals surface area contributed by atoms with Crippen LogP contribution in [0.4, 0.5) is 10.5 Å². The Kier molecular flexibility index (Phi) is 4.95. The molecule has 4 heteroatoms. The number of nitrogens with zero attached hydrogens (tertiary/aromatic N) is 2. The summed E-state index contributed by atoms with van der Waals surface area (Å²) in [5.74, 6) is 0.641. The van der Waals surface area contributed by atoms with E-state index in [-0.39, 0.29) is 6.09 Å². The molecule has 0 aliphatic rings. The van der Waals surface area contributed by atoms with Crippen molar-refractivity contribution < 1.29 is 9.53 Å². The molecule has 0 saturated heterocycles. The van der Waals surface area contributed by atoms with Gasteiger partial charge < -0.3 is 9.64 Å². The Hall–Kier alpha value is -1.55. The molecule has 1 amide bonds. The number of carbonyl (C=O) groups is 1. The van der Waals surface area contributed by atoms with Crippen LogP contribution in [-0.2, 0) is 0 Å². The number of hydrogen-bond donors (Lipinski definition) is 0. The lowest BCUT2D eigenvalue weighted by Gasteiger charge is -2.32. The molecule has 0 heterocycles. The van der Waals surface area contributed by atoms with Crippen molar-refractivity contribution in [1.82, 2.24) is 9.38 Å². The third-order valence-corrected chi connectivity index (χ3v) is 3.75. The Bertz CT molecular complexity index is 451. The van der Waals surface area contributed by atoms with Crippen LogP contribution in [0.3, 0.4) is 0 Å². The highest BCUT2D eigenvalue weighted by Crippen LogP contribution is 2.28. The van der Waals surface area contributed by atoms with Crippen molar-refractivity contribution in [3.05, 3.63) is 23.8 Å². The predicted molar refractivity (Wildman–Crippen MR) is 79.7 cm³/mol. The molecule has 0 fully saturated rings. The standard InChI is InChI=1S/C15H25N2O2/c1-7-17(6,8-2)13-10-9-12(3)14(11-13)19-15(18)16(4)5/h9-11H,7-8H2,1-6H3/q+1. The van der Waals surface area contributed by atoms with Crippen molar-refractivity contribution >= 4 is 11.8 Å². The van der Waals surface area contributed by atoms with E-state index < -0.39 is 0 Å². The zero-order valence-corrected chi connectivity index (χ0v) is 12.9. The van der Waals surface area contributed by atoms with Crippen LogP contribution in [-0.4, -0.2) is 45.2 Å². The monoisotopic (exact) mass is 265 g/mol. The van der Waals surface area contributed by atoms with E-state index in [4.69, 9.17) is 4.74 Å². The van der Waals surface area contributed by atoms with Gasteiger partial charge in [-0.1, -0.05) is 0 Å². The number of amides is 1. The van der Waals surface area contributed by atoms with Crippen LogP contribution in [0.1, 0.15) is 19.4 Å². The van der Waals surface area contributed by atoms with E-state index in [1.54, 1.807) is 14.1 Å². The Labute approximate surface area is 116 Å². The van der Waals surface area contributed by atoms with Gasteiger partial charge in [-0.3, -0.25) is 4.48 Å². The maximum Gasteiger partial charge on any atom is 0.414 e. The Morgan fingerprint density at radius 1 is 1.26 bits per heavy atom. The molecular formula is C15H25N2O2+. The fourth-order valence-corrected chi connectivity index (χ4v) is 1.81. The summed E-state index contributed by atoms with van der Waals surface area (Å²) < 4.78 is 6.23. The number of benzene rings is 1. The zero-order chi connectivity index (χ0) is 14.6. The molecule has 0 aliphatic carbocycles. The lowest BCUT2D eigenvalue weighted by atomic mass is 10.1. The summed E-state index contributed by atoms with van der Waals surface area (Å²) in [7, 11) is 5.54. The molecule has 0 radical (unpaired) electrons. The molecule has 1 aromatic rings. The topological polar surface area (TPSA) is 29.5 Å². The molecule has 0 unspecified atom stereocenters. The molecule has 106 valence electrons. The molecule has 4 nitrogen and oxygen atoms in total. The van der Waals surface area contributed by atoms with Gasteiger partial charge in [0.05, 0.1) is 20.1 Å². The molecule has 0 aliphatic heterocycles. The predicted octanol–water partition coefficient (Wildman–Crippen LogP) is 3.03. The van der Waals surface area contributed by atoms with E-state index in [9.17, 15) is 4.79 Å². The van der Waals surface area contributed by atoms with Crippen molar-refractivity contribution in [2.24, 2.45) is 0 Å². The first kappa shape index (κ1) is 15.5. The largest absolute Gasteiger partial charge is 0.414 e. The van der Waals surface area contributed by atoms with Gasteiger partial charge in [-0.05, 0) is 38.5 Å². The Morgan fingerprint density at radius 3 is 2.32 bits per heavy atom. The number of ether oxygens (including phenoxy) is 1. The number of rotatable bonds is 4. The number of hydrogen-bond acceptors (Lipinski definition) is 2. The van der Waals surface area contributed by atoms with Crippen LogP contribution in [0, 0.1) is 6.92 Å². The Balaban J connectivity index is 3.10. The summed E-state index contributed by atoms with van der Waals surface area (Å²) in [5.41, 5.74) is 2.13. The minimum atomic E-state index is -0.345. The van der Waals surface area contributed by atoms with E-state index in [0.717, 1.165) is 28.8 Å². The summed E-state index contributed by atoms with van der Waals surface area (Å²) in [6, 6.07) is 6.09. The van der Waals surface area contributed by atoms with Crippen molar-refractivity contribution in [3.63, 3.8) is 0 Å². The molecule has 0 atom stereocenters. The van der Waals surface area contributed by atoms with Gasteiger partial charge in [0, 0.05) is 20.2 Å².